The minimum atomic E-state index is -0.530. The Hall–Kier alpha value is -2.86. The molecule has 0 amide bonds. The Balaban J connectivity index is 1.18. The molecule has 0 radical (unpaired) electrons. The number of aryl methyl sites for hydroxylation is 1. The predicted octanol–water partition coefficient (Wildman–Crippen LogP) is 4.49. The van der Waals surface area contributed by atoms with Crippen molar-refractivity contribution in [1.82, 2.24) is 10.2 Å². The number of hydrogen-bond donors (Lipinski definition) is 3. The summed E-state index contributed by atoms with van der Waals surface area (Å²) in [7, 11) is 0. The summed E-state index contributed by atoms with van der Waals surface area (Å²) in [5, 5.41) is 24.4. The second kappa shape index (κ2) is 10.5. The van der Waals surface area contributed by atoms with Gasteiger partial charge in [-0.05, 0) is 91.2 Å². The van der Waals surface area contributed by atoms with Gasteiger partial charge in [-0.25, -0.2) is 0 Å². The van der Waals surface area contributed by atoms with Gasteiger partial charge in [0.15, 0.2) is 0 Å². The van der Waals surface area contributed by atoms with Crippen LogP contribution < -0.4 is 10.2 Å². The molecule has 194 valence electrons. The predicted molar refractivity (Wildman–Crippen MR) is 150 cm³/mol. The molecule has 3 aromatic carbocycles. The van der Waals surface area contributed by atoms with Gasteiger partial charge in [0, 0.05) is 44.3 Å². The van der Waals surface area contributed by atoms with Crippen molar-refractivity contribution in [1.29, 1.82) is 0 Å². The highest BCUT2D eigenvalue weighted by Gasteiger charge is 2.34. The SMILES string of the molecule is Oc1ccc2c(c1)CCC(c1ccccc1)C2c1ccc(N2CCN(CC3(O)CCNCC3)CC2)cc1. The third-order valence-corrected chi connectivity index (χ3v) is 8.86. The van der Waals surface area contributed by atoms with E-state index >= 15 is 0 Å². The fourth-order valence-corrected chi connectivity index (χ4v) is 6.80. The van der Waals surface area contributed by atoms with E-state index in [4.69, 9.17) is 0 Å². The quantitative estimate of drug-likeness (QED) is 0.485. The lowest BCUT2D eigenvalue weighted by Gasteiger charge is -2.41. The summed E-state index contributed by atoms with van der Waals surface area (Å²) in [6.07, 6.45) is 3.77. The Morgan fingerprint density at radius 1 is 0.838 bits per heavy atom. The molecular formula is C32H39N3O2. The molecule has 0 bridgehead atoms. The lowest BCUT2D eigenvalue weighted by molar-refractivity contribution is -0.0218. The summed E-state index contributed by atoms with van der Waals surface area (Å²) < 4.78 is 0. The van der Waals surface area contributed by atoms with Crippen LogP contribution in [-0.4, -0.2) is 66.5 Å². The van der Waals surface area contributed by atoms with Gasteiger partial charge in [-0.3, -0.25) is 4.90 Å². The second-order valence-electron chi connectivity index (χ2n) is 11.2. The Labute approximate surface area is 220 Å². The van der Waals surface area contributed by atoms with Gasteiger partial charge in [0.25, 0.3) is 0 Å². The molecular weight excluding hydrogens is 458 g/mol. The van der Waals surface area contributed by atoms with Crippen molar-refractivity contribution in [2.45, 2.75) is 43.1 Å². The number of hydrogen-bond acceptors (Lipinski definition) is 5. The van der Waals surface area contributed by atoms with E-state index in [1.165, 1.54) is 27.9 Å². The maximum atomic E-state index is 10.9. The number of aliphatic hydroxyl groups is 1. The summed E-state index contributed by atoms with van der Waals surface area (Å²) in [6, 6.07) is 26.1. The summed E-state index contributed by atoms with van der Waals surface area (Å²) >= 11 is 0. The fraction of sp³-hybridized carbons (Fsp3) is 0.438. The topological polar surface area (TPSA) is 59.0 Å². The standard InChI is InChI=1S/C32H39N3O2/c36-28-11-13-30-26(22-28)8-12-29(24-4-2-1-3-5-24)31(30)25-6-9-27(10-7-25)35-20-18-34(19-21-35)23-32(37)14-16-33-17-15-32/h1-7,9-11,13,22,29,31,33,36-37H,8,12,14-21,23H2. The first-order chi connectivity index (χ1) is 18.1. The van der Waals surface area contributed by atoms with E-state index in [9.17, 15) is 10.2 Å². The molecule has 2 unspecified atom stereocenters. The highest BCUT2D eigenvalue weighted by atomic mass is 16.3. The van der Waals surface area contributed by atoms with Crippen molar-refractivity contribution in [2.24, 2.45) is 0 Å². The molecule has 2 aliphatic heterocycles. The molecule has 1 aliphatic carbocycles. The smallest absolute Gasteiger partial charge is 0.115 e. The van der Waals surface area contributed by atoms with Gasteiger partial charge < -0.3 is 20.4 Å². The number of rotatable bonds is 5. The maximum Gasteiger partial charge on any atom is 0.115 e. The molecule has 3 N–H and O–H groups in total. The number of nitrogens with one attached hydrogen (secondary N) is 1. The van der Waals surface area contributed by atoms with Crippen LogP contribution in [0.3, 0.4) is 0 Å². The molecule has 2 heterocycles. The third kappa shape index (κ3) is 5.26. The van der Waals surface area contributed by atoms with E-state index in [-0.39, 0.29) is 5.92 Å². The average Bonchev–Trinajstić information content (AvgIpc) is 2.93. The highest BCUT2D eigenvalue weighted by molar-refractivity contribution is 5.52. The van der Waals surface area contributed by atoms with Gasteiger partial charge in [0.1, 0.15) is 5.75 Å². The molecule has 3 aromatic rings. The zero-order chi connectivity index (χ0) is 25.2. The van der Waals surface area contributed by atoms with Crippen LogP contribution in [0.4, 0.5) is 5.69 Å². The van der Waals surface area contributed by atoms with E-state index in [2.05, 4.69) is 75.8 Å². The molecule has 2 atom stereocenters. The van der Waals surface area contributed by atoms with E-state index in [0.717, 1.165) is 71.5 Å². The van der Waals surface area contributed by atoms with Crippen LogP contribution in [0.15, 0.2) is 72.8 Å². The van der Waals surface area contributed by atoms with Gasteiger partial charge in [-0.2, -0.15) is 0 Å². The number of benzene rings is 3. The average molecular weight is 498 g/mol. The van der Waals surface area contributed by atoms with Crippen LogP contribution in [-0.2, 0) is 6.42 Å². The monoisotopic (exact) mass is 497 g/mol. The molecule has 0 aromatic heterocycles. The van der Waals surface area contributed by atoms with Crippen LogP contribution in [0.5, 0.6) is 5.75 Å². The second-order valence-corrected chi connectivity index (χ2v) is 11.2. The van der Waals surface area contributed by atoms with Crippen LogP contribution in [0.25, 0.3) is 0 Å². The van der Waals surface area contributed by atoms with Crippen LogP contribution >= 0.6 is 0 Å². The lowest BCUT2D eigenvalue weighted by atomic mass is 9.69. The number of aromatic hydroxyl groups is 1. The molecule has 0 spiro atoms. The highest BCUT2D eigenvalue weighted by Crippen LogP contribution is 2.47. The number of phenols is 1. The number of fused-ring (bicyclic) bond motifs is 1. The van der Waals surface area contributed by atoms with E-state index < -0.39 is 5.60 Å². The van der Waals surface area contributed by atoms with Crippen molar-refractivity contribution in [3.8, 4) is 5.75 Å². The van der Waals surface area contributed by atoms with Crippen LogP contribution in [0.2, 0.25) is 0 Å². The summed E-state index contributed by atoms with van der Waals surface area (Å²) in [5.41, 5.74) is 6.10. The first kappa shape index (κ1) is 24.5. The van der Waals surface area contributed by atoms with Crippen molar-refractivity contribution in [2.75, 3.05) is 50.7 Å². The Morgan fingerprint density at radius 2 is 1.57 bits per heavy atom. The normalized spacial score (nSPS) is 24.0. The molecule has 0 saturated carbocycles. The molecule has 2 fully saturated rings. The van der Waals surface area contributed by atoms with Crippen LogP contribution in [0.1, 0.15) is 53.4 Å². The minimum Gasteiger partial charge on any atom is -0.508 e. The zero-order valence-electron chi connectivity index (χ0n) is 21.6. The number of anilines is 1. The molecule has 5 heteroatoms. The maximum absolute atomic E-state index is 10.9. The van der Waals surface area contributed by atoms with Gasteiger partial charge in [-0.15, -0.1) is 0 Å². The lowest BCUT2D eigenvalue weighted by Crippen LogP contribution is -2.54. The summed E-state index contributed by atoms with van der Waals surface area (Å²) in [5.74, 6) is 1.06. The van der Waals surface area contributed by atoms with Gasteiger partial charge >= 0.3 is 0 Å². The Morgan fingerprint density at radius 3 is 2.30 bits per heavy atom. The minimum absolute atomic E-state index is 0.281. The van der Waals surface area contributed by atoms with Gasteiger partial charge in [-0.1, -0.05) is 48.5 Å². The van der Waals surface area contributed by atoms with E-state index in [0.29, 0.717) is 11.7 Å². The summed E-state index contributed by atoms with van der Waals surface area (Å²) in [4.78, 5) is 4.92. The van der Waals surface area contributed by atoms with E-state index in [1.807, 2.05) is 12.1 Å². The number of piperidine rings is 1. The zero-order valence-corrected chi connectivity index (χ0v) is 21.6. The molecule has 5 nitrogen and oxygen atoms in total. The summed E-state index contributed by atoms with van der Waals surface area (Å²) in [6.45, 7) is 6.60. The third-order valence-electron chi connectivity index (χ3n) is 8.86. The number of phenolic OH excluding ortho intramolecular Hbond substituents is 1. The van der Waals surface area contributed by atoms with Crippen molar-refractivity contribution in [3.63, 3.8) is 0 Å². The van der Waals surface area contributed by atoms with Gasteiger partial charge in [0.2, 0.25) is 0 Å². The van der Waals surface area contributed by atoms with Gasteiger partial charge in [0.05, 0.1) is 5.60 Å². The first-order valence-corrected chi connectivity index (χ1v) is 14.0. The largest absolute Gasteiger partial charge is 0.508 e. The van der Waals surface area contributed by atoms with Crippen LogP contribution in [0, 0.1) is 0 Å². The number of piperazine rings is 1. The van der Waals surface area contributed by atoms with Crippen molar-refractivity contribution >= 4 is 5.69 Å². The Bertz CT molecular complexity index is 1180. The molecule has 2 saturated heterocycles. The number of β-amino-alcohol motifs (C(OH)–C–C–N with tert-alkyl or cyclic N) is 1. The van der Waals surface area contributed by atoms with Crippen molar-refractivity contribution in [3.05, 3.63) is 95.1 Å². The molecule has 6 rings (SSSR count). The fourth-order valence-electron chi connectivity index (χ4n) is 6.80. The number of nitrogens with zero attached hydrogens (tertiary/aromatic N) is 2. The molecule has 37 heavy (non-hydrogen) atoms. The Kier molecular flexibility index (Phi) is 6.94. The van der Waals surface area contributed by atoms with Crippen molar-refractivity contribution < 1.29 is 10.2 Å². The first-order valence-electron chi connectivity index (χ1n) is 14.0. The molecule has 3 aliphatic rings. The van der Waals surface area contributed by atoms with E-state index in [1.54, 1.807) is 0 Å².